The number of carbonyl (C=O) groups excluding carboxylic acids is 1. The van der Waals surface area contributed by atoms with Crippen LogP contribution in [-0.2, 0) is 27.7 Å². The topological polar surface area (TPSA) is 92.5 Å². The number of nitrogens with one attached hydrogen (secondary N) is 1. The number of nitrogens with zero attached hydrogens (tertiary/aromatic N) is 2. The van der Waals surface area contributed by atoms with Crippen molar-refractivity contribution in [3.63, 3.8) is 0 Å². The van der Waals surface area contributed by atoms with Crippen LogP contribution in [0.3, 0.4) is 0 Å². The highest BCUT2D eigenvalue weighted by Gasteiger charge is 2.33. The van der Waals surface area contributed by atoms with Crippen molar-refractivity contribution in [2.75, 3.05) is 18.4 Å². The number of sulfonamides is 1. The zero-order chi connectivity index (χ0) is 19.0. The van der Waals surface area contributed by atoms with E-state index >= 15 is 0 Å². The second-order valence-electron chi connectivity index (χ2n) is 7.27. The van der Waals surface area contributed by atoms with Crippen molar-refractivity contribution in [3.8, 4) is 0 Å². The van der Waals surface area contributed by atoms with Crippen LogP contribution in [-0.4, -0.2) is 36.9 Å². The van der Waals surface area contributed by atoms with Gasteiger partial charge in [-0.25, -0.2) is 8.42 Å². The second kappa shape index (κ2) is 7.09. The Labute approximate surface area is 158 Å². The summed E-state index contributed by atoms with van der Waals surface area (Å²) in [5.74, 6) is 0.118. The molecule has 1 aromatic heterocycles. The highest BCUT2D eigenvalue weighted by Crippen LogP contribution is 2.30. The van der Waals surface area contributed by atoms with Gasteiger partial charge in [-0.05, 0) is 51.2 Å². The van der Waals surface area contributed by atoms with Crippen molar-refractivity contribution in [2.45, 2.75) is 43.9 Å². The summed E-state index contributed by atoms with van der Waals surface area (Å²) in [6.07, 6.45) is 3.79. The first-order valence-corrected chi connectivity index (χ1v) is 10.7. The molecule has 8 heteroatoms. The third-order valence-electron chi connectivity index (χ3n) is 5.43. The monoisotopic (exact) mass is 389 g/mol. The van der Waals surface area contributed by atoms with Crippen molar-refractivity contribution in [1.82, 2.24) is 9.46 Å². The summed E-state index contributed by atoms with van der Waals surface area (Å²) in [5, 5.41) is 6.85. The van der Waals surface area contributed by atoms with Crippen LogP contribution >= 0.6 is 0 Å². The van der Waals surface area contributed by atoms with Crippen LogP contribution in [0.2, 0.25) is 0 Å². The van der Waals surface area contributed by atoms with E-state index in [2.05, 4.69) is 10.5 Å². The normalized spacial score (nSPS) is 18.4. The summed E-state index contributed by atoms with van der Waals surface area (Å²) in [7, 11) is -3.51. The number of hydrogen-bond donors (Lipinski definition) is 1. The van der Waals surface area contributed by atoms with E-state index in [-0.39, 0.29) is 11.8 Å². The van der Waals surface area contributed by atoms with Gasteiger partial charge in [0.1, 0.15) is 0 Å². The summed E-state index contributed by atoms with van der Waals surface area (Å²) < 4.78 is 32.2. The lowest BCUT2D eigenvalue weighted by atomic mass is 9.97. The molecule has 2 heterocycles. The molecule has 7 nitrogen and oxygen atoms in total. The Morgan fingerprint density at radius 1 is 1.19 bits per heavy atom. The first kappa shape index (κ1) is 18.2. The predicted molar refractivity (Wildman–Crippen MR) is 99.8 cm³/mol. The van der Waals surface area contributed by atoms with Gasteiger partial charge < -0.3 is 4.52 Å². The lowest BCUT2D eigenvalue weighted by molar-refractivity contribution is -0.121. The van der Waals surface area contributed by atoms with Gasteiger partial charge >= 0.3 is 0 Å². The summed E-state index contributed by atoms with van der Waals surface area (Å²) in [6.45, 7) is 2.59. The van der Waals surface area contributed by atoms with Crippen LogP contribution in [0.1, 0.15) is 36.1 Å². The molecule has 27 heavy (non-hydrogen) atoms. The van der Waals surface area contributed by atoms with Crippen LogP contribution in [0.25, 0.3) is 0 Å². The molecule has 1 amide bonds. The molecule has 2 aliphatic rings. The number of piperidine rings is 1. The van der Waals surface area contributed by atoms with Gasteiger partial charge in [-0.15, -0.1) is 0 Å². The zero-order valence-corrected chi connectivity index (χ0v) is 16.1. The van der Waals surface area contributed by atoms with Gasteiger partial charge in [-0.2, -0.15) is 4.31 Å². The minimum Gasteiger partial charge on any atom is -0.338 e. The number of amides is 1. The van der Waals surface area contributed by atoms with Crippen LogP contribution in [0.5, 0.6) is 0 Å². The summed E-state index contributed by atoms with van der Waals surface area (Å²) >= 11 is 0. The molecule has 0 radical (unpaired) electrons. The minimum atomic E-state index is -3.51. The Morgan fingerprint density at radius 3 is 2.59 bits per heavy atom. The van der Waals surface area contributed by atoms with Gasteiger partial charge in [0.25, 0.3) is 0 Å². The largest absolute Gasteiger partial charge is 0.338 e. The number of anilines is 1. The summed E-state index contributed by atoms with van der Waals surface area (Å²) in [6, 6.07) is 6.85. The van der Waals surface area contributed by atoms with E-state index in [0.717, 1.165) is 36.1 Å². The Balaban J connectivity index is 1.38. The van der Waals surface area contributed by atoms with Crippen LogP contribution in [0, 0.1) is 12.8 Å². The van der Waals surface area contributed by atoms with Crippen molar-refractivity contribution in [3.05, 3.63) is 41.1 Å². The molecule has 0 bridgehead atoms. The fourth-order valence-electron chi connectivity index (χ4n) is 3.76. The lowest BCUT2D eigenvalue weighted by Crippen LogP contribution is -2.41. The molecule has 1 saturated heterocycles. The maximum atomic E-state index is 12.8. The molecule has 144 valence electrons. The lowest BCUT2D eigenvalue weighted by Gasteiger charge is -2.30. The number of benzene rings is 1. The molecule has 1 fully saturated rings. The van der Waals surface area contributed by atoms with E-state index in [1.54, 1.807) is 24.3 Å². The maximum Gasteiger partial charge on any atom is 0.243 e. The number of rotatable bonds is 4. The first-order valence-electron chi connectivity index (χ1n) is 9.30. The van der Waals surface area contributed by atoms with Gasteiger partial charge in [0.15, 0.2) is 0 Å². The molecule has 0 spiro atoms. The molecule has 1 N–H and O–H groups in total. The Morgan fingerprint density at radius 2 is 1.89 bits per heavy atom. The van der Waals surface area contributed by atoms with E-state index < -0.39 is 10.0 Å². The number of aryl methyl sites for hydroxylation is 2. The molecule has 0 saturated carbocycles. The van der Waals surface area contributed by atoms with Gasteiger partial charge in [0.05, 0.1) is 10.6 Å². The highest BCUT2D eigenvalue weighted by molar-refractivity contribution is 7.89. The summed E-state index contributed by atoms with van der Waals surface area (Å²) in [5.41, 5.74) is 2.95. The SMILES string of the molecule is Cc1ccc(S(=O)(=O)N2CCC(C(=O)Nc3onc4c3CCC4)CC2)cc1. The smallest absolute Gasteiger partial charge is 0.243 e. The molecular weight excluding hydrogens is 366 g/mol. The van der Waals surface area contributed by atoms with E-state index in [0.29, 0.717) is 36.7 Å². The van der Waals surface area contributed by atoms with Gasteiger partial charge in [0.2, 0.25) is 21.8 Å². The van der Waals surface area contributed by atoms with Crippen molar-refractivity contribution in [1.29, 1.82) is 0 Å². The average molecular weight is 389 g/mol. The second-order valence-corrected chi connectivity index (χ2v) is 9.21. The van der Waals surface area contributed by atoms with E-state index in [4.69, 9.17) is 4.52 Å². The molecule has 1 aromatic carbocycles. The molecule has 4 rings (SSSR count). The molecular formula is C19H23N3O4S. The highest BCUT2D eigenvalue weighted by atomic mass is 32.2. The number of fused-ring (bicyclic) bond motifs is 1. The molecule has 1 aliphatic carbocycles. The number of aromatic nitrogens is 1. The molecule has 0 unspecified atom stereocenters. The van der Waals surface area contributed by atoms with Gasteiger partial charge in [0, 0.05) is 24.6 Å². The van der Waals surface area contributed by atoms with Gasteiger partial charge in [-0.1, -0.05) is 22.9 Å². The Bertz CT molecular complexity index is 942. The fourth-order valence-corrected chi connectivity index (χ4v) is 5.23. The number of carbonyl (C=O) groups is 1. The molecule has 2 aromatic rings. The molecule has 0 atom stereocenters. The summed E-state index contributed by atoms with van der Waals surface area (Å²) in [4.78, 5) is 12.9. The molecule has 1 aliphatic heterocycles. The van der Waals surface area contributed by atoms with Crippen LogP contribution in [0.4, 0.5) is 5.88 Å². The van der Waals surface area contributed by atoms with E-state index in [1.165, 1.54) is 4.31 Å². The van der Waals surface area contributed by atoms with Crippen molar-refractivity contribution >= 4 is 21.8 Å². The van der Waals surface area contributed by atoms with E-state index in [9.17, 15) is 13.2 Å². The first-order chi connectivity index (χ1) is 12.9. The standard InChI is InChI=1S/C19H23N3O4S/c1-13-5-7-15(8-6-13)27(24,25)22-11-9-14(10-12-22)18(23)20-19-16-3-2-4-17(16)21-26-19/h5-8,14H,2-4,9-12H2,1H3,(H,20,23). The minimum absolute atomic E-state index is 0.117. The Hall–Kier alpha value is -2.19. The van der Waals surface area contributed by atoms with Gasteiger partial charge in [-0.3, -0.25) is 10.1 Å². The average Bonchev–Trinajstić information content (AvgIpc) is 3.27. The zero-order valence-electron chi connectivity index (χ0n) is 15.3. The number of hydrogen-bond acceptors (Lipinski definition) is 5. The van der Waals surface area contributed by atoms with Crippen molar-refractivity contribution < 1.29 is 17.7 Å². The van der Waals surface area contributed by atoms with Crippen molar-refractivity contribution in [2.24, 2.45) is 5.92 Å². The van der Waals surface area contributed by atoms with Crippen LogP contribution in [0.15, 0.2) is 33.7 Å². The predicted octanol–water partition coefficient (Wildman–Crippen LogP) is 2.51. The van der Waals surface area contributed by atoms with E-state index in [1.807, 2.05) is 6.92 Å². The quantitative estimate of drug-likeness (QED) is 0.867. The maximum absolute atomic E-state index is 12.8. The van der Waals surface area contributed by atoms with Crippen LogP contribution < -0.4 is 5.32 Å². The third-order valence-corrected chi connectivity index (χ3v) is 7.34. The fraction of sp³-hybridized carbons (Fsp3) is 0.474. The third kappa shape index (κ3) is 3.51. The Kier molecular flexibility index (Phi) is 4.77.